The lowest BCUT2D eigenvalue weighted by atomic mass is 10.1. The van der Waals surface area contributed by atoms with Crippen molar-refractivity contribution in [2.45, 2.75) is 39.4 Å². The highest BCUT2D eigenvalue weighted by Gasteiger charge is 2.18. The number of rotatable bonds is 6. The number of carbonyl (C=O) groups is 1. The summed E-state index contributed by atoms with van der Waals surface area (Å²) in [5, 5.41) is 16.2. The first-order chi connectivity index (χ1) is 9.32. The number of nitrogens with one attached hydrogen (secondary N) is 2. The molecule has 0 saturated carbocycles. The van der Waals surface area contributed by atoms with Gasteiger partial charge in [-0.3, -0.25) is 14.9 Å². The van der Waals surface area contributed by atoms with E-state index in [1.807, 2.05) is 13.8 Å². The Bertz CT molecular complexity index is 506. The van der Waals surface area contributed by atoms with Crippen LogP contribution >= 0.6 is 0 Å². The molecule has 0 spiro atoms. The van der Waals surface area contributed by atoms with E-state index in [-0.39, 0.29) is 24.1 Å². The van der Waals surface area contributed by atoms with E-state index >= 15 is 0 Å². The van der Waals surface area contributed by atoms with E-state index in [1.54, 1.807) is 6.92 Å². The Hall–Kier alpha value is -2.02. The average Bonchev–Trinajstić information content (AvgIpc) is 2.35. The fraction of sp³-hybridized carbons (Fsp3) is 0.462. The molecule has 1 unspecified atom stereocenters. The van der Waals surface area contributed by atoms with Crippen LogP contribution in [0.5, 0.6) is 0 Å². The topological polar surface area (TPSA) is 84.3 Å². The molecule has 1 atom stereocenters. The number of amides is 1. The van der Waals surface area contributed by atoms with Crippen molar-refractivity contribution in [3.8, 4) is 0 Å². The first-order valence-corrected chi connectivity index (χ1v) is 6.28. The second-order valence-corrected chi connectivity index (χ2v) is 4.77. The van der Waals surface area contributed by atoms with Gasteiger partial charge in [-0.2, -0.15) is 4.39 Å². The molecule has 0 radical (unpaired) electrons. The highest BCUT2D eigenvalue weighted by atomic mass is 19.1. The smallest absolute Gasteiger partial charge is 0.305 e. The maximum absolute atomic E-state index is 13.8. The Morgan fingerprint density at radius 1 is 1.40 bits per heavy atom. The highest BCUT2D eigenvalue weighted by Crippen LogP contribution is 2.19. The number of nitrogens with zero attached hydrogens (tertiary/aromatic N) is 1. The summed E-state index contributed by atoms with van der Waals surface area (Å²) >= 11 is 0. The van der Waals surface area contributed by atoms with Gasteiger partial charge in [-0.1, -0.05) is 12.1 Å². The molecule has 1 rings (SSSR count). The SMILES string of the molecule is CC(C)NC(=O)C(C)NCc1cccc([N+](=O)[O-])c1F. The maximum Gasteiger partial charge on any atom is 0.305 e. The van der Waals surface area contributed by atoms with Crippen molar-refractivity contribution in [2.75, 3.05) is 0 Å². The Morgan fingerprint density at radius 3 is 2.60 bits per heavy atom. The van der Waals surface area contributed by atoms with Gasteiger partial charge in [0.1, 0.15) is 0 Å². The molecule has 1 aromatic carbocycles. The van der Waals surface area contributed by atoms with Gasteiger partial charge in [0.25, 0.3) is 0 Å². The standard InChI is InChI=1S/C13H18FN3O3/c1-8(2)16-13(18)9(3)15-7-10-5-4-6-11(12(10)14)17(19)20/h4-6,8-9,15H,7H2,1-3H3,(H,16,18). The average molecular weight is 283 g/mol. The Kier molecular flexibility index (Phi) is 5.57. The second-order valence-electron chi connectivity index (χ2n) is 4.77. The summed E-state index contributed by atoms with van der Waals surface area (Å²) in [6.07, 6.45) is 0. The number of hydrogen-bond donors (Lipinski definition) is 2. The molecule has 0 aliphatic carbocycles. The van der Waals surface area contributed by atoms with Crippen LogP contribution in [0.2, 0.25) is 0 Å². The molecule has 0 saturated heterocycles. The number of carbonyl (C=O) groups excluding carboxylic acids is 1. The minimum absolute atomic E-state index is 0.0151. The van der Waals surface area contributed by atoms with Gasteiger partial charge in [0, 0.05) is 24.2 Å². The van der Waals surface area contributed by atoms with Crippen molar-refractivity contribution in [1.82, 2.24) is 10.6 Å². The van der Waals surface area contributed by atoms with E-state index in [2.05, 4.69) is 10.6 Å². The minimum atomic E-state index is -0.874. The summed E-state index contributed by atoms with van der Waals surface area (Å²) in [5.74, 6) is -1.08. The molecule has 0 aliphatic heterocycles. The largest absolute Gasteiger partial charge is 0.353 e. The Balaban J connectivity index is 2.69. The van der Waals surface area contributed by atoms with Crippen LogP contribution in [0.15, 0.2) is 18.2 Å². The zero-order valence-corrected chi connectivity index (χ0v) is 11.6. The fourth-order valence-electron chi connectivity index (χ4n) is 1.61. The van der Waals surface area contributed by atoms with Crippen LogP contribution < -0.4 is 10.6 Å². The summed E-state index contributed by atoms with van der Waals surface area (Å²) in [7, 11) is 0. The molecular formula is C13H18FN3O3. The van der Waals surface area contributed by atoms with E-state index < -0.39 is 22.5 Å². The van der Waals surface area contributed by atoms with Crippen LogP contribution in [-0.4, -0.2) is 22.9 Å². The van der Waals surface area contributed by atoms with E-state index in [0.29, 0.717) is 0 Å². The molecule has 110 valence electrons. The summed E-state index contributed by atoms with van der Waals surface area (Å²) in [6.45, 7) is 5.36. The van der Waals surface area contributed by atoms with Gasteiger partial charge in [0.2, 0.25) is 11.7 Å². The third kappa shape index (κ3) is 4.27. The molecule has 2 N–H and O–H groups in total. The maximum atomic E-state index is 13.8. The lowest BCUT2D eigenvalue weighted by Crippen LogP contribution is -2.44. The van der Waals surface area contributed by atoms with Gasteiger partial charge in [-0.05, 0) is 20.8 Å². The minimum Gasteiger partial charge on any atom is -0.353 e. The Morgan fingerprint density at radius 2 is 2.05 bits per heavy atom. The summed E-state index contributed by atoms with van der Waals surface area (Å²) in [5.41, 5.74) is -0.410. The van der Waals surface area contributed by atoms with Crippen LogP contribution in [0.3, 0.4) is 0 Å². The molecule has 0 fully saturated rings. The van der Waals surface area contributed by atoms with Crippen LogP contribution in [0.1, 0.15) is 26.3 Å². The van der Waals surface area contributed by atoms with Gasteiger partial charge < -0.3 is 10.6 Å². The van der Waals surface area contributed by atoms with Gasteiger partial charge >= 0.3 is 5.69 Å². The van der Waals surface area contributed by atoms with Crippen molar-refractivity contribution in [2.24, 2.45) is 0 Å². The first kappa shape index (κ1) is 16.0. The quantitative estimate of drug-likeness (QED) is 0.615. The van der Waals surface area contributed by atoms with Crippen LogP contribution in [-0.2, 0) is 11.3 Å². The molecule has 0 bridgehead atoms. The molecule has 0 aliphatic rings. The molecule has 1 amide bonds. The van der Waals surface area contributed by atoms with E-state index in [1.165, 1.54) is 12.1 Å². The van der Waals surface area contributed by atoms with Crippen LogP contribution in [0, 0.1) is 15.9 Å². The van der Waals surface area contributed by atoms with Crippen LogP contribution in [0.25, 0.3) is 0 Å². The predicted octanol–water partition coefficient (Wildman–Crippen LogP) is 1.74. The number of nitro benzene ring substituents is 1. The molecule has 7 heteroatoms. The third-order valence-electron chi connectivity index (χ3n) is 2.68. The second kappa shape index (κ2) is 6.95. The number of nitro groups is 1. The van der Waals surface area contributed by atoms with Crippen molar-refractivity contribution >= 4 is 11.6 Å². The van der Waals surface area contributed by atoms with Gasteiger partial charge in [0.15, 0.2) is 0 Å². The summed E-state index contributed by atoms with van der Waals surface area (Å²) in [6, 6.07) is 3.46. The Labute approximate surface area is 116 Å². The molecule has 1 aromatic rings. The number of hydrogen-bond acceptors (Lipinski definition) is 4. The van der Waals surface area contributed by atoms with Crippen LogP contribution in [0.4, 0.5) is 10.1 Å². The van der Waals surface area contributed by atoms with E-state index in [9.17, 15) is 19.3 Å². The van der Waals surface area contributed by atoms with E-state index in [0.717, 1.165) is 6.07 Å². The van der Waals surface area contributed by atoms with Crippen molar-refractivity contribution in [1.29, 1.82) is 0 Å². The van der Waals surface area contributed by atoms with Gasteiger partial charge in [-0.15, -0.1) is 0 Å². The fourth-order valence-corrected chi connectivity index (χ4v) is 1.61. The zero-order chi connectivity index (χ0) is 15.3. The first-order valence-electron chi connectivity index (χ1n) is 6.28. The number of halogens is 1. The third-order valence-corrected chi connectivity index (χ3v) is 2.68. The normalized spacial score (nSPS) is 12.2. The molecule has 20 heavy (non-hydrogen) atoms. The molecule has 6 nitrogen and oxygen atoms in total. The monoisotopic (exact) mass is 283 g/mol. The van der Waals surface area contributed by atoms with Gasteiger partial charge in [-0.25, -0.2) is 0 Å². The predicted molar refractivity (Wildman–Crippen MR) is 72.6 cm³/mol. The lowest BCUT2D eigenvalue weighted by molar-refractivity contribution is -0.387. The van der Waals surface area contributed by atoms with Crippen molar-refractivity contribution in [3.63, 3.8) is 0 Å². The van der Waals surface area contributed by atoms with E-state index in [4.69, 9.17) is 0 Å². The van der Waals surface area contributed by atoms with Gasteiger partial charge in [0.05, 0.1) is 11.0 Å². The van der Waals surface area contributed by atoms with Crippen molar-refractivity contribution in [3.05, 3.63) is 39.7 Å². The zero-order valence-electron chi connectivity index (χ0n) is 11.6. The highest BCUT2D eigenvalue weighted by molar-refractivity contribution is 5.81. The summed E-state index contributed by atoms with van der Waals surface area (Å²) in [4.78, 5) is 21.5. The summed E-state index contributed by atoms with van der Waals surface area (Å²) < 4.78 is 13.8. The molecular weight excluding hydrogens is 265 g/mol. The van der Waals surface area contributed by atoms with Crippen molar-refractivity contribution < 1.29 is 14.1 Å². The molecule has 0 heterocycles. The lowest BCUT2D eigenvalue weighted by Gasteiger charge is -2.16. The number of benzene rings is 1. The molecule has 0 aromatic heterocycles.